The summed E-state index contributed by atoms with van der Waals surface area (Å²) in [6.07, 6.45) is 2.85. The lowest BCUT2D eigenvalue weighted by Gasteiger charge is -2.23. The van der Waals surface area contributed by atoms with Crippen LogP contribution in [0.15, 0.2) is 0 Å². The van der Waals surface area contributed by atoms with Gasteiger partial charge in [0.05, 0.1) is 18.1 Å². The van der Waals surface area contributed by atoms with Crippen LogP contribution in [0.25, 0.3) is 0 Å². The summed E-state index contributed by atoms with van der Waals surface area (Å²) in [5.74, 6) is 0.836. The van der Waals surface area contributed by atoms with E-state index in [1.165, 1.54) is 0 Å². The molecule has 2 rings (SSSR count). The molecule has 1 saturated carbocycles. The van der Waals surface area contributed by atoms with Crippen LogP contribution in [-0.2, 0) is 9.53 Å². The molecule has 2 atom stereocenters. The summed E-state index contributed by atoms with van der Waals surface area (Å²) in [4.78, 5) is 14.3. The highest BCUT2D eigenvalue weighted by Gasteiger charge is 2.41. The van der Waals surface area contributed by atoms with E-state index in [0.29, 0.717) is 12.3 Å². The molecule has 0 unspecified atom stereocenters. The lowest BCUT2D eigenvalue weighted by Crippen LogP contribution is -2.33. The van der Waals surface area contributed by atoms with Gasteiger partial charge >= 0.3 is 0 Å². The van der Waals surface area contributed by atoms with Crippen molar-refractivity contribution in [2.75, 3.05) is 13.1 Å². The third-order valence-electron chi connectivity index (χ3n) is 4.68. The van der Waals surface area contributed by atoms with Crippen molar-refractivity contribution in [1.29, 1.82) is 0 Å². The van der Waals surface area contributed by atoms with Crippen LogP contribution in [0.1, 0.15) is 53.9 Å². The average molecular weight is 253 g/mol. The summed E-state index contributed by atoms with van der Waals surface area (Å²) in [7, 11) is 0. The molecule has 0 spiro atoms. The van der Waals surface area contributed by atoms with Crippen LogP contribution < -0.4 is 0 Å². The number of ether oxygens (including phenoxy) is 1. The molecule has 1 saturated heterocycles. The van der Waals surface area contributed by atoms with Crippen molar-refractivity contribution in [3.05, 3.63) is 0 Å². The van der Waals surface area contributed by atoms with Gasteiger partial charge in [0.2, 0.25) is 5.91 Å². The van der Waals surface area contributed by atoms with Gasteiger partial charge in [-0.25, -0.2) is 0 Å². The molecular formula is C15H27NO2. The van der Waals surface area contributed by atoms with E-state index in [1.54, 1.807) is 0 Å². The molecule has 1 aliphatic heterocycles. The van der Waals surface area contributed by atoms with E-state index in [-0.39, 0.29) is 23.0 Å². The molecule has 0 aromatic carbocycles. The number of carbonyl (C=O) groups excluding carboxylic acids is 1. The standard InChI is InChI=1S/C15H27NO2/c1-11-9-16(10-14(11,3)4)13(17)8-12(2)18-15(5)6-7-15/h11-12H,6-10H2,1-5H3/t11-,12+/m0/s1. The number of nitrogens with zero attached hydrogens (tertiary/aromatic N) is 1. The van der Waals surface area contributed by atoms with Gasteiger partial charge in [0.25, 0.3) is 0 Å². The van der Waals surface area contributed by atoms with Crippen molar-refractivity contribution in [3.8, 4) is 0 Å². The first-order chi connectivity index (χ1) is 8.22. The molecule has 3 heteroatoms. The largest absolute Gasteiger partial charge is 0.372 e. The first kappa shape index (κ1) is 13.9. The second-order valence-corrected chi connectivity index (χ2v) is 7.25. The van der Waals surface area contributed by atoms with Crippen molar-refractivity contribution < 1.29 is 9.53 Å². The minimum absolute atomic E-state index is 0.0454. The van der Waals surface area contributed by atoms with E-state index in [9.17, 15) is 4.79 Å². The minimum Gasteiger partial charge on any atom is -0.372 e. The Bertz CT molecular complexity index is 333. The molecule has 1 amide bonds. The number of likely N-dealkylation sites (tertiary alicyclic amines) is 1. The maximum atomic E-state index is 12.2. The normalized spacial score (nSPS) is 30.3. The van der Waals surface area contributed by atoms with E-state index >= 15 is 0 Å². The smallest absolute Gasteiger partial charge is 0.225 e. The predicted molar refractivity (Wildman–Crippen MR) is 72.3 cm³/mol. The third kappa shape index (κ3) is 3.05. The summed E-state index contributed by atoms with van der Waals surface area (Å²) >= 11 is 0. The Kier molecular flexibility index (Phi) is 3.48. The lowest BCUT2D eigenvalue weighted by molar-refractivity contribution is -0.134. The van der Waals surface area contributed by atoms with Gasteiger partial charge in [-0.1, -0.05) is 20.8 Å². The number of rotatable bonds is 4. The number of hydrogen-bond donors (Lipinski definition) is 0. The van der Waals surface area contributed by atoms with Crippen LogP contribution >= 0.6 is 0 Å². The highest BCUT2D eigenvalue weighted by molar-refractivity contribution is 5.77. The molecule has 0 bridgehead atoms. The summed E-state index contributed by atoms with van der Waals surface area (Å²) in [5.41, 5.74) is 0.319. The number of amides is 1. The monoisotopic (exact) mass is 253 g/mol. The molecule has 1 aliphatic carbocycles. The van der Waals surface area contributed by atoms with E-state index in [4.69, 9.17) is 4.74 Å². The summed E-state index contributed by atoms with van der Waals surface area (Å²) in [6, 6.07) is 0. The molecule has 3 nitrogen and oxygen atoms in total. The molecule has 2 fully saturated rings. The Hall–Kier alpha value is -0.570. The van der Waals surface area contributed by atoms with Crippen molar-refractivity contribution in [3.63, 3.8) is 0 Å². The fourth-order valence-corrected chi connectivity index (χ4v) is 2.68. The molecule has 18 heavy (non-hydrogen) atoms. The maximum Gasteiger partial charge on any atom is 0.225 e. The van der Waals surface area contributed by atoms with Crippen molar-refractivity contribution in [2.45, 2.75) is 65.6 Å². The van der Waals surface area contributed by atoms with Gasteiger partial charge in [-0.05, 0) is 38.0 Å². The molecule has 1 heterocycles. The summed E-state index contributed by atoms with van der Waals surface area (Å²) < 4.78 is 5.91. The first-order valence-electron chi connectivity index (χ1n) is 7.17. The van der Waals surface area contributed by atoms with Crippen LogP contribution in [0.3, 0.4) is 0 Å². The van der Waals surface area contributed by atoms with Crippen molar-refractivity contribution in [2.24, 2.45) is 11.3 Å². The molecule has 0 aromatic heterocycles. The molecule has 0 aromatic rings. The quantitative estimate of drug-likeness (QED) is 0.771. The third-order valence-corrected chi connectivity index (χ3v) is 4.68. The summed E-state index contributed by atoms with van der Waals surface area (Å²) in [6.45, 7) is 12.7. The van der Waals surface area contributed by atoms with Gasteiger partial charge in [0, 0.05) is 13.1 Å². The zero-order valence-corrected chi connectivity index (χ0v) is 12.5. The molecule has 0 N–H and O–H groups in total. The molecule has 2 aliphatic rings. The average Bonchev–Trinajstić information content (AvgIpc) is 2.86. The van der Waals surface area contributed by atoms with Gasteiger partial charge in [-0.2, -0.15) is 0 Å². The summed E-state index contributed by atoms with van der Waals surface area (Å²) in [5, 5.41) is 0. The van der Waals surface area contributed by atoms with E-state index in [2.05, 4.69) is 27.7 Å². The Morgan fingerprint density at radius 1 is 1.39 bits per heavy atom. The van der Waals surface area contributed by atoms with Crippen LogP contribution in [0.2, 0.25) is 0 Å². The van der Waals surface area contributed by atoms with Gasteiger partial charge in [-0.3, -0.25) is 4.79 Å². The number of hydrogen-bond acceptors (Lipinski definition) is 2. The Morgan fingerprint density at radius 3 is 2.44 bits per heavy atom. The van der Waals surface area contributed by atoms with Crippen LogP contribution in [0, 0.1) is 11.3 Å². The SMILES string of the molecule is C[C@H](CC(=O)N1C[C@H](C)C(C)(C)C1)OC1(C)CC1. The second kappa shape index (κ2) is 4.52. The minimum atomic E-state index is 0.0454. The highest BCUT2D eigenvalue weighted by atomic mass is 16.5. The van der Waals surface area contributed by atoms with E-state index < -0.39 is 0 Å². The Labute approximate surface area is 111 Å². The van der Waals surface area contributed by atoms with Gasteiger partial charge < -0.3 is 9.64 Å². The molecule has 104 valence electrons. The van der Waals surface area contributed by atoms with Crippen LogP contribution in [-0.4, -0.2) is 35.6 Å². The predicted octanol–water partition coefficient (Wildman–Crippen LogP) is 2.84. The topological polar surface area (TPSA) is 29.5 Å². The Balaban J connectivity index is 1.81. The second-order valence-electron chi connectivity index (χ2n) is 7.25. The van der Waals surface area contributed by atoms with Crippen LogP contribution in [0.4, 0.5) is 0 Å². The zero-order valence-electron chi connectivity index (χ0n) is 12.5. The fraction of sp³-hybridized carbons (Fsp3) is 0.933. The molecule has 0 radical (unpaired) electrons. The van der Waals surface area contributed by atoms with Gasteiger partial charge in [0.1, 0.15) is 0 Å². The first-order valence-corrected chi connectivity index (χ1v) is 7.17. The number of carbonyl (C=O) groups is 1. The lowest BCUT2D eigenvalue weighted by atomic mass is 9.84. The molecular weight excluding hydrogens is 226 g/mol. The van der Waals surface area contributed by atoms with Gasteiger partial charge in [-0.15, -0.1) is 0 Å². The van der Waals surface area contributed by atoms with Crippen molar-refractivity contribution in [1.82, 2.24) is 4.90 Å². The van der Waals surface area contributed by atoms with Crippen molar-refractivity contribution >= 4 is 5.91 Å². The van der Waals surface area contributed by atoms with Gasteiger partial charge in [0.15, 0.2) is 0 Å². The van der Waals surface area contributed by atoms with E-state index in [0.717, 1.165) is 25.9 Å². The highest BCUT2D eigenvalue weighted by Crippen LogP contribution is 2.40. The maximum absolute atomic E-state index is 12.2. The van der Waals surface area contributed by atoms with Crippen LogP contribution in [0.5, 0.6) is 0 Å². The van der Waals surface area contributed by atoms with E-state index in [1.807, 2.05) is 11.8 Å². The Morgan fingerprint density at radius 2 is 2.00 bits per heavy atom. The zero-order chi connectivity index (χ0) is 13.6. The fourth-order valence-electron chi connectivity index (χ4n) is 2.68.